The molecule has 0 radical (unpaired) electrons. The zero-order valence-electron chi connectivity index (χ0n) is 13.4. The molecule has 0 saturated carbocycles. The number of piperidine rings is 1. The van der Waals surface area contributed by atoms with E-state index in [1.54, 1.807) is 11.1 Å². The maximum absolute atomic E-state index is 3.75. The highest BCUT2D eigenvalue weighted by atomic mass is 15.2. The Kier molecular flexibility index (Phi) is 3.35. The van der Waals surface area contributed by atoms with Crippen LogP contribution in [-0.4, -0.2) is 30.6 Å². The summed E-state index contributed by atoms with van der Waals surface area (Å²) in [6.07, 6.45) is 5.43. The monoisotopic (exact) mass is 284 g/mol. The van der Waals surface area contributed by atoms with Gasteiger partial charge in [-0.1, -0.05) is 38.1 Å². The molecule has 2 aliphatic heterocycles. The zero-order chi connectivity index (χ0) is 14.4. The first-order valence-corrected chi connectivity index (χ1v) is 8.72. The summed E-state index contributed by atoms with van der Waals surface area (Å²) in [6.45, 7) is 8.60. The van der Waals surface area contributed by atoms with Crippen molar-refractivity contribution in [2.75, 3.05) is 19.6 Å². The summed E-state index contributed by atoms with van der Waals surface area (Å²) >= 11 is 0. The first kappa shape index (κ1) is 13.8. The second kappa shape index (κ2) is 5.10. The molecule has 0 bridgehead atoms. The van der Waals surface area contributed by atoms with Crippen LogP contribution in [0.25, 0.3) is 0 Å². The second-order valence-electron chi connectivity index (χ2n) is 7.94. The van der Waals surface area contributed by atoms with Gasteiger partial charge in [0.15, 0.2) is 0 Å². The lowest BCUT2D eigenvalue weighted by molar-refractivity contribution is 0.192. The Morgan fingerprint density at radius 3 is 2.86 bits per heavy atom. The van der Waals surface area contributed by atoms with Crippen LogP contribution in [0.5, 0.6) is 0 Å². The molecule has 3 aliphatic rings. The van der Waals surface area contributed by atoms with E-state index in [0.29, 0.717) is 11.5 Å². The van der Waals surface area contributed by atoms with Crippen LogP contribution in [0, 0.1) is 5.92 Å². The van der Waals surface area contributed by atoms with Gasteiger partial charge in [0, 0.05) is 25.2 Å². The normalized spacial score (nSPS) is 35.2. The smallest absolute Gasteiger partial charge is 0.0352 e. The fourth-order valence-corrected chi connectivity index (χ4v) is 4.91. The summed E-state index contributed by atoms with van der Waals surface area (Å²) in [5, 5.41) is 3.75. The molecule has 1 aromatic rings. The minimum absolute atomic E-state index is 0.345. The number of nitrogens with zero attached hydrogens (tertiary/aromatic N) is 1. The predicted octanol–water partition coefficient (Wildman–Crippen LogP) is 3.48. The van der Waals surface area contributed by atoms with Crippen molar-refractivity contribution in [2.45, 2.75) is 57.0 Å². The van der Waals surface area contributed by atoms with Crippen molar-refractivity contribution in [3.8, 4) is 0 Å². The summed E-state index contributed by atoms with van der Waals surface area (Å²) in [6, 6.07) is 10.6. The molecule has 4 rings (SSSR count). The molecule has 2 saturated heterocycles. The molecule has 3 unspecified atom stereocenters. The van der Waals surface area contributed by atoms with Gasteiger partial charge in [-0.15, -0.1) is 0 Å². The fraction of sp³-hybridized carbons (Fsp3) is 0.684. The van der Waals surface area contributed by atoms with E-state index in [1.807, 2.05) is 0 Å². The van der Waals surface area contributed by atoms with Crippen molar-refractivity contribution in [3.05, 3.63) is 35.4 Å². The number of rotatable bonds is 1. The number of fused-ring (bicyclic) bond motifs is 2. The number of likely N-dealkylation sites (tertiary alicyclic amines) is 1. The molecule has 2 fully saturated rings. The van der Waals surface area contributed by atoms with Crippen molar-refractivity contribution in [2.24, 2.45) is 5.92 Å². The summed E-state index contributed by atoms with van der Waals surface area (Å²) in [4.78, 5) is 2.78. The highest BCUT2D eigenvalue weighted by molar-refractivity contribution is 5.38. The van der Waals surface area contributed by atoms with Crippen LogP contribution >= 0.6 is 0 Å². The first-order chi connectivity index (χ1) is 10.1. The Balaban J connectivity index is 1.62. The van der Waals surface area contributed by atoms with Crippen molar-refractivity contribution >= 4 is 0 Å². The molecule has 114 valence electrons. The van der Waals surface area contributed by atoms with Crippen LogP contribution < -0.4 is 5.32 Å². The summed E-state index contributed by atoms with van der Waals surface area (Å²) in [5.74, 6) is 0.890. The van der Waals surface area contributed by atoms with Gasteiger partial charge in [-0.2, -0.15) is 0 Å². The van der Waals surface area contributed by atoms with E-state index >= 15 is 0 Å². The van der Waals surface area contributed by atoms with Crippen molar-refractivity contribution in [1.29, 1.82) is 0 Å². The molecule has 0 amide bonds. The molecule has 3 atom stereocenters. The SMILES string of the molecule is CC1(C)CCC(N2CC3CCCNC3C2)c2ccccc21. The number of nitrogens with one attached hydrogen (secondary N) is 1. The lowest BCUT2D eigenvalue weighted by Gasteiger charge is -2.41. The molecule has 1 aliphatic carbocycles. The topological polar surface area (TPSA) is 15.3 Å². The highest BCUT2D eigenvalue weighted by Crippen LogP contribution is 2.45. The Labute approximate surface area is 128 Å². The number of hydrogen-bond donors (Lipinski definition) is 1. The Hall–Kier alpha value is -0.860. The Morgan fingerprint density at radius 2 is 2.00 bits per heavy atom. The number of benzene rings is 1. The van der Waals surface area contributed by atoms with Gasteiger partial charge in [-0.05, 0) is 54.7 Å². The molecule has 0 aromatic heterocycles. The van der Waals surface area contributed by atoms with E-state index in [4.69, 9.17) is 0 Å². The van der Waals surface area contributed by atoms with E-state index in [1.165, 1.54) is 45.3 Å². The maximum atomic E-state index is 3.75. The van der Waals surface area contributed by atoms with Crippen LogP contribution in [0.3, 0.4) is 0 Å². The molecule has 1 N–H and O–H groups in total. The maximum Gasteiger partial charge on any atom is 0.0352 e. The van der Waals surface area contributed by atoms with E-state index in [0.717, 1.165) is 12.0 Å². The summed E-state index contributed by atoms with van der Waals surface area (Å²) in [7, 11) is 0. The van der Waals surface area contributed by atoms with Gasteiger partial charge in [-0.25, -0.2) is 0 Å². The van der Waals surface area contributed by atoms with Crippen LogP contribution in [0.2, 0.25) is 0 Å². The van der Waals surface area contributed by atoms with E-state index in [-0.39, 0.29) is 0 Å². The van der Waals surface area contributed by atoms with Crippen molar-refractivity contribution in [1.82, 2.24) is 10.2 Å². The number of hydrogen-bond acceptors (Lipinski definition) is 2. The largest absolute Gasteiger partial charge is 0.312 e. The summed E-state index contributed by atoms with van der Waals surface area (Å²) < 4.78 is 0. The van der Waals surface area contributed by atoms with Gasteiger partial charge >= 0.3 is 0 Å². The van der Waals surface area contributed by atoms with Crippen LogP contribution in [0.1, 0.15) is 56.7 Å². The highest BCUT2D eigenvalue weighted by Gasteiger charge is 2.41. The molecular weight excluding hydrogens is 256 g/mol. The quantitative estimate of drug-likeness (QED) is 0.849. The second-order valence-corrected chi connectivity index (χ2v) is 7.94. The van der Waals surface area contributed by atoms with E-state index < -0.39 is 0 Å². The minimum Gasteiger partial charge on any atom is -0.312 e. The third-order valence-electron chi connectivity index (χ3n) is 6.16. The van der Waals surface area contributed by atoms with Gasteiger partial charge in [0.25, 0.3) is 0 Å². The van der Waals surface area contributed by atoms with Gasteiger partial charge < -0.3 is 5.32 Å². The third-order valence-corrected chi connectivity index (χ3v) is 6.16. The van der Waals surface area contributed by atoms with E-state index in [2.05, 4.69) is 48.3 Å². The average Bonchev–Trinajstić information content (AvgIpc) is 2.91. The van der Waals surface area contributed by atoms with E-state index in [9.17, 15) is 0 Å². The third kappa shape index (κ3) is 2.33. The summed E-state index contributed by atoms with van der Waals surface area (Å²) in [5.41, 5.74) is 3.54. The van der Waals surface area contributed by atoms with Crippen LogP contribution in [0.15, 0.2) is 24.3 Å². The molecule has 0 spiro atoms. The first-order valence-electron chi connectivity index (χ1n) is 8.72. The lowest BCUT2D eigenvalue weighted by atomic mass is 9.70. The molecule has 1 aromatic carbocycles. The van der Waals surface area contributed by atoms with Crippen molar-refractivity contribution < 1.29 is 0 Å². The van der Waals surface area contributed by atoms with Crippen LogP contribution in [-0.2, 0) is 5.41 Å². The van der Waals surface area contributed by atoms with Gasteiger partial charge in [0.1, 0.15) is 0 Å². The standard InChI is InChI=1S/C19H28N2/c1-19(2)10-9-18(15-7-3-4-8-16(15)19)21-12-14-6-5-11-20-17(14)13-21/h3-4,7-8,14,17-18,20H,5-6,9-13H2,1-2H3. The predicted molar refractivity (Wildman–Crippen MR) is 87.5 cm³/mol. The minimum atomic E-state index is 0.345. The van der Waals surface area contributed by atoms with Gasteiger partial charge in [0.2, 0.25) is 0 Å². The Morgan fingerprint density at radius 1 is 1.14 bits per heavy atom. The fourth-order valence-electron chi connectivity index (χ4n) is 4.91. The molecule has 21 heavy (non-hydrogen) atoms. The Bertz CT molecular complexity index is 508. The zero-order valence-corrected chi connectivity index (χ0v) is 13.4. The van der Waals surface area contributed by atoms with Gasteiger partial charge in [0.05, 0.1) is 0 Å². The average molecular weight is 284 g/mol. The molecular formula is C19H28N2. The van der Waals surface area contributed by atoms with Crippen molar-refractivity contribution in [3.63, 3.8) is 0 Å². The lowest BCUT2D eigenvalue weighted by Crippen LogP contribution is -2.41. The van der Waals surface area contributed by atoms with Crippen LogP contribution in [0.4, 0.5) is 0 Å². The van der Waals surface area contributed by atoms with Gasteiger partial charge in [-0.3, -0.25) is 4.90 Å². The molecule has 2 nitrogen and oxygen atoms in total. The molecule has 2 heterocycles. The molecule has 2 heteroatoms.